The molecular formula is C12H17ClN4O2. The quantitative estimate of drug-likeness (QED) is 0.793. The number of carbonyl (C=O) groups is 2. The van der Waals surface area contributed by atoms with Gasteiger partial charge in [0.25, 0.3) is 5.91 Å². The number of rotatable bonds is 5. The Morgan fingerprint density at radius 3 is 2.68 bits per heavy atom. The van der Waals surface area contributed by atoms with E-state index in [0.29, 0.717) is 12.2 Å². The topological polar surface area (TPSA) is 84.0 Å². The zero-order valence-corrected chi connectivity index (χ0v) is 11.9. The van der Waals surface area contributed by atoms with Crippen molar-refractivity contribution in [3.8, 4) is 0 Å². The molecule has 1 heterocycles. The summed E-state index contributed by atoms with van der Waals surface area (Å²) in [5.41, 5.74) is 0.737. The maximum atomic E-state index is 11.9. The standard InChI is InChI=1S/C12H17ClN4O2/c1-4-5-14-10(18)8(3)16-11(19)9-6-7(2)15-12(13)17-9/h6,8H,4-5H2,1-3H3,(H,14,18)(H,16,19). The zero-order chi connectivity index (χ0) is 14.4. The van der Waals surface area contributed by atoms with Gasteiger partial charge >= 0.3 is 0 Å². The monoisotopic (exact) mass is 284 g/mol. The first-order chi connectivity index (χ1) is 8.93. The highest BCUT2D eigenvalue weighted by molar-refractivity contribution is 6.28. The molecule has 1 aromatic heterocycles. The van der Waals surface area contributed by atoms with Gasteiger partial charge in [0.15, 0.2) is 0 Å². The number of aromatic nitrogens is 2. The molecule has 0 aliphatic carbocycles. The smallest absolute Gasteiger partial charge is 0.270 e. The van der Waals surface area contributed by atoms with Gasteiger partial charge in [-0.3, -0.25) is 9.59 Å². The Morgan fingerprint density at radius 1 is 1.42 bits per heavy atom. The fraction of sp³-hybridized carbons (Fsp3) is 0.500. The van der Waals surface area contributed by atoms with E-state index in [1.54, 1.807) is 13.8 Å². The highest BCUT2D eigenvalue weighted by Crippen LogP contribution is 2.05. The van der Waals surface area contributed by atoms with Crippen molar-refractivity contribution in [3.63, 3.8) is 0 Å². The molecule has 19 heavy (non-hydrogen) atoms. The summed E-state index contributed by atoms with van der Waals surface area (Å²) >= 11 is 5.68. The maximum absolute atomic E-state index is 11.9. The summed E-state index contributed by atoms with van der Waals surface area (Å²) in [6.07, 6.45) is 0.840. The summed E-state index contributed by atoms with van der Waals surface area (Å²) in [4.78, 5) is 31.2. The summed E-state index contributed by atoms with van der Waals surface area (Å²) in [6.45, 7) is 5.85. The number of nitrogens with zero attached hydrogens (tertiary/aromatic N) is 2. The fourth-order valence-electron chi connectivity index (χ4n) is 1.39. The Bertz CT molecular complexity index is 459. The van der Waals surface area contributed by atoms with Crippen LogP contribution in [-0.2, 0) is 4.79 Å². The van der Waals surface area contributed by atoms with Gasteiger partial charge in [-0.2, -0.15) is 0 Å². The van der Waals surface area contributed by atoms with Crippen molar-refractivity contribution < 1.29 is 9.59 Å². The summed E-state index contributed by atoms with van der Waals surface area (Å²) in [6, 6.07) is 0.880. The van der Waals surface area contributed by atoms with E-state index in [4.69, 9.17) is 11.6 Å². The third kappa shape index (κ3) is 4.82. The van der Waals surface area contributed by atoms with Crippen LogP contribution in [0.2, 0.25) is 5.28 Å². The van der Waals surface area contributed by atoms with E-state index in [2.05, 4.69) is 20.6 Å². The number of hydrogen-bond acceptors (Lipinski definition) is 4. The molecule has 2 amide bonds. The van der Waals surface area contributed by atoms with Crippen molar-refractivity contribution in [1.29, 1.82) is 0 Å². The molecule has 2 N–H and O–H groups in total. The first-order valence-corrected chi connectivity index (χ1v) is 6.41. The molecule has 0 aromatic carbocycles. The molecular weight excluding hydrogens is 268 g/mol. The average molecular weight is 285 g/mol. The van der Waals surface area contributed by atoms with Crippen molar-refractivity contribution in [2.24, 2.45) is 0 Å². The normalized spacial score (nSPS) is 11.8. The Balaban J connectivity index is 2.66. The number of halogens is 1. The first-order valence-electron chi connectivity index (χ1n) is 6.03. The van der Waals surface area contributed by atoms with E-state index in [-0.39, 0.29) is 16.9 Å². The molecule has 0 bridgehead atoms. The number of carbonyl (C=O) groups excluding carboxylic acids is 2. The average Bonchev–Trinajstić information content (AvgIpc) is 2.34. The molecule has 6 nitrogen and oxygen atoms in total. The Morgan fingerprint density at radius 2 is 2.11 bits per heavy atom. The van der Waals surface area contributed by atoms with E-state index < -0.39 is 11.9 Å². The highest BCUT2D eigenvalue weighted by Gasteiger charge is 2.17. The Kier molecular flexibility index (Phi) is 5.69. The minimum Gasteiger partial charge on any atom is -0.354 e. The van der Waals surface area contributed by atoms with Crippen molar-refractivity contribution in [2.45, 2.75) is 33.2 Å². The van der Waals surface area contributed by atoms with Crippen LogP contribution < -0.4 is 10.6 Å². The zero-order valence-electron chi connectivity index (χ0n) is 11.2. The minimum atomic E-state index is -0.631. The van der Waals surface area contributed by atoms with Crippen LogP contribution in [0.5, 0.6) is 0 Å². The second-order valence-electron chi connectivity index (χ2n) is 4.15. The van der Waals surface area contributed by atoms with Gasteiger partial charge in [0.2, 0.25) is 11.2 Å². The van der Waals surface area contributed by atoms with E-state index in [1.807, 2.05) is 6.92 Å². The molecule has 0 fully saturated rings. The number of aryl methyl sites for hydroxylation is 1. The molecule has 0 spiro atoms. The van der Waals surface area contributed by atoms with Gasteiger partial charge in [-0.05, 0) is 37.9 Å². The molecule has 104 valence electrons. The third-order valence-corrected chi connectivity index (χ3v) is 2.52. The van der Waals surface area contributed by atoms with Crippen LogP contribution >= 0.6 is 11.6 Å². The van der Waals surface area contributed by atoms with Crippen LogP contribution in [0, 0.1) is 6.92 Å². The second-order valence-corrected chi connectivity index (χ2v) is 4.49. The Labute approximate surface area is 117 Å². The van der Waals surface area contributed by atoms with Crippen molar-refractivity contribution in [1.82, 2.24) is 20.6 Å². The molecule has 1 atom stereocenters. The molecule has 0 saturated heterocycles. The minimum absolute atomic E-state index is 0.00763. The van der Waals surface area contributed by atoms with Crippen LogP contribution in [0.25, 0.3) is 0 Å². The molecule has 0 aliphatic rings. The molecule has 0 saturated carbocycles. The van der Waals surface area contributed by atoms with Crippen LogP contribution in [0.15, 0.2) is 6.07 Å². The molecule has 0 aliphatic heterocycles. The number of hydrogen-bond donors (Lipinski definition) is 2. The molecule has 1 aromatic rings. The van der Waals surface area contributed by atoms with Crippen LogP contribution in [0.3, 0.4) is 0 Å². The lowest BCUT2D eigenvalue weighted by molar-refractivity contribution is -0.122. The maximum Gasteiger partial charge on any atom is 0.270 e. The summed E-state index contributed by atoms with van der Waals surface area (Å²) < 4.78 is 0. The van der Waals surface area contributed by atoms with E-state index in [1.165, 1.54) is 6.07 Å². The summed E-state index contributed by atoms with van der Waals surface area (Å²) in [5, 5.41) is 5.27. The van der Waals surface area contributed by atoms with Gasteiger partial charge < -0.3 is 10.6 Å². The number of nitrogens with one attached hydrogen (secondary N) is 2. The van der Waals surface area contributed by atoms with E-state index >= 15 is 0 Å². The number of amides is 2. The molecule has 1 rings (SSSR count). The SMILES string of the molecule is CCCNC(=O)C(C)NC(=O)c1cc(C)nc(Cl)n1. The Hall–Kier alpha value is -1.69. The lowest BCUT2D eigenvalue weighted by Gasteiger charge is -2.13. The van der Waals surface area contributed by atoms with E-state index in [0.717, 1.165) is 6.42 Å². The van der Waals surface area contributed by atoms with Gasteiger partial charge in [-0.1, -0.05) is 6.92 Å². The van der Waals surface area contributed by atoms with Gasteiger partial charge in [-0.15, -0.1) is 0 Å². The predicted octanol–water partition coefficient (Wildman–Crippen LogP) is 1.08. The molecule has 7 heteroatoms. The van der Waals surface area contributed by atoms with Gasteiger partial charge in [0, 0.05) is 12.2 Å². The highest BCUT2D eigenvalue weighted by atomic mass is 35.5. The van der Waals surface area contributed by atoms with Crippen molar-refractivity contribution >= 4 is 23.4 Å². The van der Waals surface area contributed by atoms with Gasteiger partial charge in [-0.25, -0.2) is 9.97 Å². The summed E-state index contributed by atoms with van der Waals surface area (Å²) in [7, 11) is 0. The van der Waals surface area contributed by atoms with Crippen LogP contribution in [-0.4, -0.2) is 34.4 Å². The van der Waals surface area contributed by atoms with Crippen molar-refractivity contribution in [3.05, 3.63) is 22.7 Å². The van der Waals surface area contributed by atoms with Crippen molar-refractivity contribution in [2.75, 3.05) is 6.54 Å². The molecule has 0 radical (unpaired) electrons. The van der Waals surface area contributed by atoms with E-state index in [9.17, 15) is 9.59 Å². The third-order valence-electron chi connectivity index (χ3n) is 2.35. The predicted molar refractivity (Wildman–Crippen MR) is 72.0 cm³/mol. The lowest BCUT2D eigenvalue weighted by atomic mass is 10.2. The second kappa shape index (κ2) is 7.04. The van der Waals surface area contributed by atoms with Crippen LogP contribution in [0.4, 0.5) is 0 Å². The van der Waals surface area contributed by atoms with Gasteiger partial charge in [0.05, 0.1) is 0 Å². The molecule has 1 unspecified atom stereocenters. The van der Waals surface area contributed by atoms with Gasteiger partial charge in [0.1, 0.15) is 11.7 Å². The van der Waals surface area contributed by atoms with Crippen LogP contribution in [0.1, 0.15) is 36.5 Å². The fourth-order valence-corrected chi connectivity index (χ4v) is 1.61. The largest absolute Gasteiger partial charge is 0.354 e. The lowest BCUT2D eigenvalue weighted by Crippen LogP contribution is -2.45. The first kappa shape index (κ1) is 15.4. The summed E-state index contributed by atoms with van der Waals surface area (Å²) in [5.74, 6) is -0.682.